The van der Waals surface area contributed by atoms with E-state index in [9.17, 15) is 9.59 Å². The first-order chi connectivity index (χ1) is 12.5. The maximum absolute atomic E-state index is 10.3. The van der Waals surface area contributed by atoms with Crippen LogP contribution in [-0.4, -0.2) is 28.6 Å². The van der Waals surface area contributed by atoms with Gasteiger partial charge in [0.2, 0.25) is 0 Å². The quantitative estimate of drug-likeness (QED) is 0.382. The van der Waals surface area contributed by atoms with Crippen LogP contribution in [0.5, 0.6) is 0 Å². The van der Waals surface area contributed by atoms with Gasteiger partial charge in [-0.25, -0.2) is 4.79 Å². The predicted octanol–water partition coefficient (Wildman–Crippen LogP) is 5.17. The Kier molecular flexibility index (Phi) is 11.2. The van der Waals surface area contributed by atoms with E-state index in [1.54, 1.807) is 6.08 Å². The fourth-order valence-electron chi connectivity index (χ4n) is 2.80. The average Bonchev–Trinajstić information content (AvgIpc) is 2.54. The maximum atomic E-state index is 10.3. The zero-order chi connectivity index (χ0) is 21.0. The molecule has 1 unspecified atom stereocenters. The second-order valence-electron chi connectivity index (χ2n) is 7.60. The van der Waals surface area contributed by atoms with Crippen molar-refractivity contribution in [3.63, 3.8) is 0 Å². The van der Waals surface area contributed by atoms with E-state index >= 15 is 0 Å². The lowest BCUT2D eigenvalue weighted by atomic mass is 9.72. The molecule has 0 aromatic carbocycles. The number of carbonyl (C=O) groups excluding carboxylic acids is 1. The highest BCUT2D eigenvalue weighted by Gasteiger charge is 2.26. The number of hydrogen-bond acceptors (Lipinski definition) is 3. The molecule has 0 saturated heterocycles. The van der Waals surface area contributed by atoms with Crippen LogP contribution < -0.4 is 0 Å². The van der Waals surface area contributed by atoms with Gasteiger partial charge < -0.3 is 10.2 Å². The van der Waals surface area contributed by atoms with E-state index in [0.29, 0.717) is 0 Å². The van der Waals surface area contributed by atoms with E-state index in [2.05, 4.69) is 45.9 Å². The Balaban J connectivity index is 0.000000972. The Labute approximate surface area is 163 Å². The number of allylic oxidation sites excluding steroid dienone is 10. The lowest BCUT2D eigenvalue weighted by Gasteiger charge is -2.32. The van der Waals surface area contributed by atoms with Gasteiger partial charge in [-0.3, -0.25) is 4.79 Å². The topological polar surface area (TPSA) is 74.6 Å². The molecule has 1 atom stereocenters. The second-order valence-corrected chi connectivity index (χ2v) is 7.60. The summed E-state index contributed by atoms with van der Waals surface area (Å²) >= 11 is 0. The molecule has 4 heteroatoms. The molecule has 0 radical (unpaired) electrons. The van der Waals surface area contributed by atoms with Crippen molar-refractivity contribution in [2.45, 2.75) is 66.9 Å². The molecule has 0 bridgehead atoms. The highest BCUT2D eigenvalue weighted by atomic mass is 16.4. The maximum Gasteiger partial charge on any atom is 0.332 e. The van der Waals surface area contributed by atoms with Crippen LogP contribution in [0.3, 0.4) is 0 Å². The first-order valence-electron chi connectivity index (χ1n) is 9.27. The van der Waals surface area contributed by atoms with Gasteiger partial charge in [0.1, 0.15) is 12.4 Å². The van der Waals surface area contributed by atoms with Crippen LogP contribution in [0.15, 0.2) is 58.7 Å². The normalized spacial score (nSPS) is 19.1. The van der Waals surface area contributed by atoms with Crippen molar-refractivity contribution >= 4 is 12.3 Å². The summed E-state index contributed by atoms with van der Waals surface area (Å²) in [4.78, 5) is 19.8. The van der Waals surface area contributed by atoms with Crippen molar-refractivity contribution in [1.82, 2.24) is 0 Å². The number of aliphatic carboxylic acids is 1. The summed E-state index contributed by atoms with van der Waals surface area (Å²) in [5.74, 6) is -1.19. The van der Waals surface area contributed by atoms with Crippen LogP contribution in [0.2, 0.25) is 0 Å². The molecule has 1 aliphatic rings. The van der Waals surface area contributed by atoms with Gasteiger partial charge >= 0.3 is 5.97 Å². The van der Waals surface area contributed by atoms with E-state index in [4.69, 9.17) is 10.2 Å². The lowest BCUT2D eigenvalue weighted by molar-refractivity contribution is -0.145. The number of rotatable bonds is 6. The Morgan fingerprint density at radius 3 is 2.19 bits per heavy atom. The minimum absolute atomic E-state index is 0.290. The SMILES string of the molecule is CC(O)C(=O)O.CC1=C(/C=C/C(C)=C/C=C/C(C)=C/C=O)C(C)(C)CCC1. The number of carboxylic acid groups (broad SMARTS) is 1. The Hall–Kier alpha value is -2.20. The lowest BCUT2D eigenvalue weighted by Crippen LogP contribution is -2.19. The molecule has 27 heavy (non-hydrogen) atoms. The molecule has 0 aromatic heterocycles. The van der Waals surface area contributed by atoms with Gasteiger partial charge in [-0.15, -0.1) is 0 Å². The molecule has 2 N–H and O–H groups in total. The van der Waals surface area contributed by atoms with Crippen LogP contribution >= 0.6 is 0 Å². The summed E-state index contributed by atoms with van der Waals surface area (Å²) < 4.78 is 0. The summed E-state index contributed by atoms with van der Waals surface area (Å²) in [5, 5.41) is 15.8. The molecule has 0 spiro atoms. The van der Waals surface area contributed by atoms with Gasteiger partial charge in [0.05, 0.1) is 0 Å². The van der Waals surface area contributed by atoms with Gasteiger partial charge in [-0.1, -0.05) is 55.4 Å². The Morgan fingerprint density at radius 2 is 1.70 bits per heavy atom. The fraction of sp³-hybridized carbons (Fsp3) is 0.478. The summed E-state index contributed by atoms with van der Waals surface area (Å²) in [7, 11) is 0. The van der Waals surface area contributed by atoms with Gasteiger partial charge in [-0.05, 0) is 69.6 Å². The van der Waals surface area contributed by atoms with Crippen LogP contribution in [0.4, 0.5) is 0 Å². The summed E-state index contributed by atoms with van der Waals surface area (Å²) in [6.45, 7) is 12.1. The molecule has 0 heterocycles. The van der Waals surface area contributed by atoms with E-state index < -0.39 is 12.1 Å². The van der Waals surface area contributed by atoms with Gasteiger partial charge in [-0.2, -0.15) is 0 Å². The number of hydrogen-bond donors (Lipinski definition) is 2. The average molecular weight is 375 g/mol. The van der Waals surface area contributed by atoms with Crippen molar-refractivity contribution in [1.29, 1.82) is 0 Å². The third-order valence-electron chi connectivity index (χ3n) is 4.46. The van der Waals surface area contributed by atoms with Crippen LogP contribution in [0, 0.1) is 5.41 Å². The molecular formula is C23H34O4. The highest BCUT2D eigenvalue weighted by Crippen LogP contribution is 2.40. The van der Waals surface area contributed by atoms with Crippen LogP contribution in [-0.2, 0) is 9.59 Å². The number of aldehydes is 1. The molecule has 4 nitrogen and oxygen atoms in total. The monoisotopic (exact) mass is 374 g/mol. The van der Waals surface area contributed by atoms with Crippen molar-refractivity contribution in [3.8, 4) is 0 Å². The Bertz CT molecular complexity index is 656. The molecule has 0 fully saturated rings. The highest BCUT2D eigenvalue weighted by molar-refractivity contribution is 5.71. The van der Waals surface area contributed by atoms with Gasteiger partial charge in [0.25, 0.3) is 0 Å². The first kappa shape index (κ1) is 24.8. The zero-order valence-corrected chi connectivity index (χ0v) is 17.5. The molecular weight excluding hydrogens is 340 g/mol. The third-order valence-corrected chi connectivity index (χ3v) is 4.46. The zero-order valence-electron chi connectivity index (χ0n) is 17.5. The molecule has 0 aliphatic heterocycles. The standard InChI is InChI=1S/C20H28O.C3H6O3/c1-16(8-6-9-17(2)13-15-21)11-12-19-18(3)10-7-14-20(19,4)5;1-2(4)3(5)6/h6,8-9,11-13,15H,7,10,14H2,1-5H3;2,4H,1H3,(H,5,6)/b9-6+,12-11+,16-8+,17-13+;. The van der Waals surface area contributed by atoms with Crippen molar-refractivity contribution < 1.29 is 19.8 Å². The second kappa shape index (κ2) is 12.2. The molecule has 1 rings (SSSR count). The predicted molar refractivity (Wildman–Crippen MR) is 112 cm³/mol. The minimum Gasteiger partial charge on any atom is -0.479 e. The van der Waals surface area contributed by atoms with E-state index in [0.717, 1.165) is 11.9 Å². The number of carboxylic acids is 1. The van der Waals surface area contributed by atoms with Gasteiger partial charge in [0, 0.05) is 0 Å². The molecule has 0 aromatic rings. The smallest absolute Gasteiger partial charge is 0.332 e. The largest absolute Gasteiger partial charge is 0.479 e. The van der Waals surface area contributed by atoms with E-state index in [-0.39, 0.29) is 5.41 Å². The first-order valence-corrected chi connectivity index (χ1v) is 9.27. The molecule has 1 aliphatic carbocycles. The molecule has 150 valence electrons. The number of carbonyl (C=O) groups is 2. The van der Waals surface area contributed by atoms with Crippen LogP contribution in [0.1, 0.15) is 60.8 Å². The van der Waals surface area contributed by atoms with Crippen molar-refractivity contribution in [3.05, 3.63) is 58.7 Å². The molecule has 0 amide bonds. The van der Waals surface area contributed by atoms with E-state index in [1.165, 1.54) is 42.9 Å². The van der Waals surface area contributed by atoms with Crippen molar-refractivity contribution in [2.75, 3.05) is 0 Å². The van der Waals surface area contributed by atoms with E-state index in [1.807, 2.05) is 19.1 Å². The van der Waals surface area contributed by atoms with Crippen LogP contribution in [0.25, 0.3) is 0 Å². The summed E-state index contributed by atoms with van der Waals surface area (Å²) in [6.07, 6.45) is 15.4. The van der Waals surface area contributed by atoms with Crippen molar-refractivity contribution in [2.24, 2.45) is 5.41 Å². The number of aliphatic hydroxyl groups is 1. The number of aliphatic hydroxyl groups excluding tert-OH is 1. The third kappa shape index (κ3) is 10.5. The Morgan fingerprint density at radius 1 is 1.15 bits per heavy atom. The fourth-order valence-corrected chi connectivity index (χ4v) is 2.80. The summed E-state index contributed by atoms with van der Waals surface area (Å²) in [5.41, 5.74) is 5.48. The van der Waals surface area contributed by atoms with Gasteiger partial charge in [0.15, 0.2) is 0 Å². The summed E-state index contributed by atoms with van der Waals surface area (Å²) in [6, 6.07) is 0. The molecule has 0 saturated carbocycles. The minimum atomic E-state index is -1.23.